The van der Waals surface area contributed by atoms with Gasteiger partial charge in [-0.15, -0.1) is 0 Å². The van der Waals surface area contributed by atoms with Gasteiger partial charge in [-0.25, -0.2) is 4.79 Å². The van der Waals surface area contributed by atoms with Crippen molar-refractivity contribution in [3.8, 4) is 0 Å². The average Bonchev–Trinajstić information content (AvgIpc) is 2.44. The van der Waals surface area contributed by atoms with Crippen LogP contribution in [-0.2, 0) is 4.79 Å². The third kappa shape index (κ3) is 3.15. The molecule has 1 unspecified atom stereocenters. The number of likely N-dealkylation sites (N-methyl/N-ethyl adjacent to an activating group) is 1. The van der Waals surface area contributed by atoms with E-state index in [-0.39, 0.29) is 18.5 Å². The summed E-state index contributed by atoms with van der Waals surface area (Å²) in [7, 11) is 1.80. The minimum Gasteiger partial charge on any atom is -0.481 e. The van der Waals surface area contributed by atoms with Gasteiger partial charge in [0.1, 0.15) is 0 Å². The number of hydrogen-bond acceptors (Lipinski definition) is 2. The number of nitrogens with zero attached hydrogens (tertiary/aromatic N) is 2. The molecule has 5 heteroatoms. The highest BCUT2D eigenvalue weighted by Crippen LogP contribution is 2.28. The van der Waals surface area contributed by atoms with E-state index in [9.17, 15) is 9.59 Å². The first kappa shape index (κ1) is 14.8. The van der Waals surface area contributed by atoms with Gasteiger partial charge in [0.25, 0.3) is 0 Å². The molecule has 0 aromatic carbocycles. The molecule has 5 nitrogen and oxygen atoms in total. The van der Waals surface area contributed by atoms with Crippen molar-refractivity contribution in [2.24, 2.45) is 5.92 Å². The molecule has 1 atom stereocenters. The fourth-order valence-corrected chi connectivity index (χ4v) is 2.51. The van der Waals surface area contributed by atoms with E-state index in [1.165, 1.54) is 0 Å². The molecule has 1 rings (SSSR count). The van der Waals surface area contributed by atoms with Crippen LogP contribution in [0.2, 0.25) is 0 Å². The molecule has 104 valence electrons. The number of aliphatic carboxylic acids is 1. The van der Waals surface area contributed by atoms with Crippen LogP contribution in [-0.4, -0.2) is 52.1 Å². The lowest BCUT2D eigenvalue weighted by molar-refractivity contribution is -0.139. The van der Waals surface area contributed by atoms with Crippen molar-refractivity contribution >= 4 is 12.0 Å². The molecule has 0 bridgehead atoms. The van der Waals surface area contributed by atoms with E-state index in [0.717, 1.165) is 6.42 Å². The second-order valence-corrected chi connectivity index (χ2v) is 6.17. The number of carbonyl (C=O) groups is 2. The number of hydrogen-bond donors (Lipinski definition) is 1. The van der Waals surface area contributed by atoms with Gasteiger partial charge in [0.15, 0.2) is 0 Å². The van der Waals surface area contributed by atoms with E-state index < -0.39 is 11.5 Å². The predicted octanol–water partition coefficient (Wildman–Crippen LogP) is 2.02. The SMILES string of the molecule is CC(C)CC1CN(C(C)(C)CC(=O)O)C(=O)N1C. The van der Waals surface area contributed by atoms with Crippen LogP contribution in [0.25, 0.3) is 0 Å². The first-order valence-corrected chi connectivity index (χ1v) is 6.41. The quantitative estimate of drug-likeness (QED) is 0.818. The third-order valence-corrected chi connectivity index (χ3v) is 3.53. The summed E-state index contributed by atoms with van der Waals surface area (Å²) in [6, 6.07) is 0.123. The highest BCUT2D eigenvalue weighted by Gasteiger charge is 2.43. The van der Waals surface area contributed by atoms with Gasteiger partial charge in [0.05, 0.1) is 12.5 Å². The van der Waals surface area contributed by atoms with Crippen molar-refractivity contribution in [3.05, 3.63) is 0 Å². The van der Waals surface area contributed by atoms with Crippen LogP contribution in [0.3, 0.4) is 0 Å². The smallest absolute Gasteiger partial charge is 0.320 e. The lowest BCUT2D eigenvalue weighted by atomic mass is 9.97. The molecule has 0 aromatic heterocycles. The molecule has 0 aromatic rings. The highest BCUT2D eigenvalue weighted by molar-refractivity contribution is 5.79. The number of carbonyl (C=O) groups excluding carboxylic acids is 1. The Morgan fingerprint density at radius 1 is 1.50 bits per heavy atom. The van der Waals surface area contributed by atoms with Gasteiger partial charge >= 0.3 is 12.0 Å². The van der Waals surface area contributed by atoms with Crippen LogP contribution in [0.1, 0.15) is 40.5 Å². The first-order valence-electron chi connectivity index (χ1n) is 6.41. The standard InChI is InChI=1S/C13H24N2O3/c1-9(2)6-10-8-15(12(18)14(10)5)13(3,4)7-11(16)17/h9-10H,6-8H2,1-5H3,(H,16,17). The Bertz CT molecular complexity index is 339. The maximum Gasteiger partial charge on any atom is 0.320 e. The molecule has 1 saturated heterocycles. The number of carboxylic acids is 1. The van der Waals surface area contributed by atoms with E-state index in [2.05, 4.69) is 13.8 Å². The largest absolute Gasteiger partial charge is 0.481 e. The van der Waals surface area contributed by atoms with E-state index in [0.29, 0.717) is 12.5 Å². The molecule has 1 heterocycles. The van der Waals surface area contributed by atoms with Gasteiger partial charge in [-0.2, -0.15) is 0 Å². The lowest BCUT2D eigenvalue weighted by Gasteiger charge is -2.33. The zero-order valence-electron chi connectivity index (χ0n) is 11.9. The molecule has 1 N–H and O–H groups in total. The van der Waals surface area contributed by atoms with Crippen molar-refractivity contribution in [1.29, 1.82) is 0 Å². The third-order valence-electron chi connectivity index (χ3n) is 3.53. The molecule has 0 spiro atoms. The van der Waals surface area contributed by atoms with E-state index in [1.807, 2.05) is 13.8 Å². The van der Waals surface area contributed by atoms with Crippen LogP contribution in [0.4, 0.5) is 4.79 Å². The second-order valence-electron chi connectivity index (χ2n) is 6.17. The van der Waals surface area contributed by atoms with Crippen molar-refractivity contribution in [2.75, 3.05) is 13.6 Å². The summed E-state index contributed by atoms with van der Waals surface area (Å²) in [6.45, 7) is 8.50. The molecule has 0 radical (unpaired) electrons. The molecule has 0 saturated carbocycles. The summed E-state index contributed by atoms with van der Waals surface area (Å²) in [6.07, 6.45) is 0.920. The summed E-state index contributed by atoms with van der Waals surface area (Å²) < 4.78 is 0. The topological polar surface area (TPSA) is 60.9 Å². The van der Waals surface area contributed by atoms with Crippen LogP contribution in [0, 0.1) is 5.92 Å². The summed E-state index contributed by atoms with van der Waals surface area (Å²) in [5, 5.41) is 8.92. The van der Waals surface area contributed by atoms with Gasteiger partial charge in [0, 0.05) is 19.1 Å². The molecule has 1 aliphatic heterocycles. The highest BCUT2D eigenvalue weighted by atomic mass is 16.4. The van der Waals surface area contributed by atoms with Crippen molar-refractivity contribution < 1.29 is 14.7 Å². The van der Waals surface area contributed by atoms with Crippen molar-refractivity contribution in [2.45, 2.75) is 52.1 Å². The van der Waals surface area contributed by atoms with Crippen LogP contribution in [0.15, 0.2) is 0 Å². The Balaban J connectivity index is 2.80. The van der Waals surface area contributed by atoms with E-state index >= 15 is 0 Å². The number of rotatable bonds is 5. The molecular weight excluding hydrogens is 232 g/mol. The average molecular weight is 256 g/mol. The van der Waals surface area contributed by atoms with E-state index in [4.69, 9.17) is 5.11 Å². The Hall–Kier alpha value is -1.26. The molecule has 1 fully saturated rings. The number of amides is 2. The maximum absolute atomic E-state index is 12.2. The monoisotopic (exact) mass is 256 g/mol. The normalized spacial score (nSPS) is 21.0. The first-order chi connectivity index (χ1) is 8.15. The maximum atomic E-state index is 12.2. The zero-order valence-corrected chi connectivity index (χ0v) is 11.9. The van der Waals surface area contributed by atoms with Gasteiger partial charge in [0.2, 0.25) is 0 Å². The van der Waals surface area contributed by atoms with Crippen molar-refractivity contribution in [1.82, 2.24) is 9.80 Å². The molecule has 2 amide bonds. The predicted molar refractivity (Wildman–Crippen MR) is 69.4 cm³/mol. The van der Waals surface area contributed by atoms with Gasteiger partial charge in [-0.05, 0) is 26.2 Å². The number of carboxylic acid groups (broad SMARTS) is 1. The lowest BCUT2D eigenvalue weighted by Crippen LogP contribution is -2.47. The second kappa shape index (κ2) is 5.16. The molecule has 1 aliphatic rings. The van der Waals surface area contributed by atoms with Crippen LogP contribution in [0.5, 0.6) is 0 Å². The Labute approximate surface area is 109 Å². The van der Waals surface area contributed by atoms with E-state index in [1.54, 1.807) is 16.8 Å². The van der Waals surface area contributed by atoms with Crippen LogP contribution >= 0.6 is 0 Å². The summed E-state index contributed by atoms with van der Waals surface area (Å²) in [4.78, 5) is 26.5. The summed E-state index contributed by atoms with van der Waals surface area (Å²) in [5.41, 5.74) is -0.636. The molecular formula is C13H24N2O3. The van der Waals surface area contributed by atoms with Gasteiger partial charge in [-0.1, -0.05) is 13.8 Å². The van der Waals surface area contributed by atoms with Crippen molar-refractivity contribution in [3.63, 3.8) is 0 Å². The Morgan fingerprint density at radius 3 is 2.50 bits per heavy atom. The fourth-order valence-electron chi connectivity index (χ4n) is 2.51. The van der Waals surface area contributed by atoms with Crippen LogP contribution < -0.4 is 0 Å². The summed E-state index contributed by atoms with van der Waals surface area (Å²) in [5.74, 6) is -0.351. The Kier molecular flexibility index (Phi) is 4.24. The zero-order chi connectivity index (χ0) is 14.1. The minimum absolute atomic E-state index is 0.0268. The Morgan fingerprint density at radius 2 is 2.06 bits per heavy atom. The molecule has 18 heavy (non-hydrogen) atoms. The number of urea groups is 1. The fraction of sp³-hybridized carbons (Fsp3) is 0.846. The van der Waals surface area contributed by atoms with Gasteiger partial charge in [-0.3, -0.25) is 4.79 Å². The minimum atomic E-state index is -0.872. The molecule has 0 aliphatic carbocycles. The summed E-state index contributed by atoms with van der Waals surface area (Å²) >= 11 is 0. The van der Waals surface area contributed by atoms with Gasteiger partial charge < -0.3 is 14.9 Å².